The van der Waals surface area contributed by atoms with Gasteiger partial charge in [-0.2, -0.15) is 16.7 Å². The van der Waals surface area contributed by atoms with Gasteiger partial charge in [-0.15, -0.1) is 0 Å². The largest absolute Gasteiger partial charge is 0.338 e. The van der Waals surface area contributed by atoms with Gasteiger partial charge in [-0.1, -0.05) is 11.2 Å². The van der Waals surface area contributed by atoms with Crippen LogP contribution in [-0.2, 0) is 5.75 Å². The molecule has 0 aliphatic heterocycles. The SMILES string of the molecule is NCCSCc1nc(-c2ccccn2)no1. The predicted molar refractivity (Wildman–Crippen MR) is 62.7 cm³/mol. The molecule has 2 aromatic rings. The zero-order valence-corrected chi connectivity index (χ0v) is 9.48. The monoisotopic (exact) mass is 236 g/mol. The van der Waals surface area contributed by atoms with Gasteiger partial charge in [0.25, 0.3) is 0 Å². The fourth-order valence-corrected chi connectivity index (χ4v) is 1.76. The lowest BCUT2D eigenvalue weighted by molar-refractivity contribution is 0.391. The predicted octanol–water partition coefficient (Wildman–Crippen LogP) is 1.32. The van der Waals surface area contributed by atoms with Crippen LogP contribution in [0.25, 0.3) is 11.5 Å². The fourth-order valence-electron chi connectivity index (χ4n) is 1.16. The van der Waals surface area contributed by atoms with Gasteiger partial charge in [-0.25, -0.2) is 0 Å². The number of hydrogen-bond donors (Lipinski definition) is 1. The van der Waals surface area contributed by atoms with Gasteiger partial charge < -0.3 is 10.3 Å². The summed E-state index contributed by atoms with van der Waals surface area (Å²) >= 11 is 1.67. The van der Waals surface area contributed by atoms with E-state index in [0.29, 0.717) is 24.0 Å². The first-order valence-corrected chi connectivity index (χ1v) is 6.07. The molecule has 0 spiro atoms. The van der Waals surface area contributed by atoms with Gasteiger partial charge in [-0.3, -0.25) is 4.98 Å². The number of rotatable bonds is 5. The molecule has 0 saturated heterocycles. The Morgan fingerprint density at radius 2 is 2.31 bits per heavy atom. The summed E-state index contributed by atoms with van der Waals surface area (Å²) in [4.78, 5) is 8.40. The van der Waals surface area contributed by atoms with Gasteiger partial charge in [0, 0.05) is 18.5 Å². The molecule has 0 fully saturated rings. The van der Waals surface area contributed by atoms with Gasteiger partial charge in [0.1, 0.15) is 5.69 Å². The van der Waals surface area contributed by atoms with Crippen LogP contribution in [0, 0.1) is 0 Å². The van der Waals surface area contributed by atoms with Crippen LogP contribution < -0.4 is 5.73 Å². The Labute approximate surface area is 97.5 Å². The minimum absolute atomic E-state index is 0.531. The third kappa shape index (κ3) is 2.80. The average Bonchev–Trinajstić information content (AvgIpc) is 2.79. The van der Waals surface area contributed by atoms with Crippen molar-refractivity contribution in [2.75, 3.05) is 12.3 Å². The molecular formula is C10H12N4OS. The molecule has 0 saturated carbocycles. The first kappa shape index (κ1) is 11.1. The quantitative estimate of drug-likeness (QED) is 0.789. The second kappa shape index (κ2) is 5.62. The van der Waals surface area contributed by atoms with Crippen molar-refractivity contribution in [3.8, 4) is 11.5 Å². The summed E-state index contributed by atoms with van der Waals surface area (Å²) in [6.07, 6.45) is 1.70. The number of thioether (sulfide) groups is 1. The molecule has 0 aromatic carbocycles. The summed E-state index contributed by atoms with van der Waals surface area (Å²) in [5, 5.41) is 3.87. The van der Waals surface area contributed by atoms with Crippen molar-refractivity contribution in [1.29, 1.82) is 0 Å². The molecule has 0 amide bonds. The van der Waals surface area contributed by atoms with E-state index in [9.17, 15) is 0 Å². The van der Waals surface area contributed by atoms with Gasteiger partial charge in [0.2, 0.25) is 11.7 Å². The van der Waals surface area contributed by atoms with Crippen molar-refractivity contribution in [2.24, 2.45) is 5.73 Å². The normalized spacial score (nSPS) is 10.6. The molecule has 0 radical (unpaired) electrons. The first-order valence-electron chi connectivity index (χ1n) is 4.92. The van der Waals surface area contributed by atoms with Gasteiger partial charge in [-0.05, 0) is 12.1 Å². The summed E-state index contributed by atoms with van der Waals surface area (Å²) in [6, 6.07) is 5.59. The molecule has 2 N–H and O–H groups in total. The standard InChI is InChI=1S/C10H12N4OS/c11-4-6-16-7-9-13-10(14-15-9)8-3-1-2-5-12-8/h1-3,5H,4,6-7,11H2. The molecule has 0 atom stereocenters. The Kier molecular flexibility index (Phi) is 3.90. The number of pyridine rings is 1. The van der Waals surface area contributed by atoms with Crippen LogP contribution in [0.15, 0.2) is 28.9 Å². The van der Waals surface area contributed by atoms with Gasteiger partial charge in [0.15, 0.2) is 0 Å². The van der Waals surface area contributed by atoms with Crippen LogP contribution >= 0.6 is 11.8 Å². The van der Waals surface area contributed by atoms with E-state index in [0.717, 1.165) is 11.4 Å². The lowest BCUT2D eigenvalue weighted by atomic mass is 10.3. The Balaban J connectivity index is 2.02. The molecule has 0 unspecified atom stereocenters. The van der Waals surface area contributed by atoms with E-state index in [1.54, 1.807) is 18.0 Å². The maximum absolute atomic E-state index is 5.39. The van der Waals surface area contributed by atoms with Crippen molar-refractivity contribution in [3.63, 3.8) is 0 Å². The zero-order chi connectivity index (χ0) is 11.2. The van der Waals surface area contributed by atoms with E-state index >= 15 is 0 Å². The van der Waals surface area contributed by atoms with Crippen molar-refractivity contribution < 1.29 is 4.52 Å². The summed E-state index contributed by atoms with van der Waals surface area (Å²) in [7, 11) is 0. The first-order chi connectivity index (χ1) is 7.90. The van der Waals surface area contributed by atoms with E-state index in [2.05, 4.69) is 15.1 Å². The van der Waals surface area contributed by atoms with Crippen LogP contribution in [-0.4, -0.2) is 27.4 Å². The highest BCUT2D eigenvalue weighted by Gasteiger charge is 2.08. The number of nitrogens with zero attached hydrogens (tertiary/aromatic N) is 3. The van der Waals surface area contributed by atoms with E-state index in [1.807, 2.05) is 18.2 Å². The second-order valence-corrected chi connectivity index (χ2v) is 4.17. The minimum atomic E-state index is 0.531. The molecule has 0 bridgehead atoms. The summed E-state index contributed by atoms with van der Waals surface area (Å²) in [6.45, 7) is 0.659. The van der Waals surface area contributed by atoms with Crippen LogP contribution in [0.3, 0.4) is 0 Å². The smallest absolute Gasteiger partial charge is 0.237 e. The third-order valence-corrected chi connectivity index (χ3v) is 2.83. The van der Waals surface area contributed by atoms with E-state index in [1.165, 1.54) is 0 Å². The Bertz CT molecular complexity index is 431. The minimum Gasteiger partial charge on any atom is -0.338 e. The molecule has 84 valence electrons. The molecule has 5 nitrogen and oxygen atoms in total. The number of nitrogens with two attached hydrogens (primary N) is 1. The van der Waals surface area contributed by atoms with E-state index in [-0.39, 0.29) is 0 Å². The lowest BCUT2D eigenvalue weighted by Gasteiger charge is -1.92. The number of aromatic nitrogens is 3. The topological polar surface area (TPSA) is 77.8 Å². The van der Waals surface area contributed by atoms with Crippen LogP contribution in [0.2, 0.25) is 0 Å². The zero-order valence-electron chi connectivity index (χ0n) is 8.67. The Hall–Kier alpha value is -1.40. The fraction of sp³-hybridized carbons (Fsp3) is 0.300. The molecular weight excluding hydrogens is 224 g/mol. The maximum Gasteiger partial charge on any atom is 0.237 e. The Morgan fingerprint density at radius 3 is 3.06 bits per heavy atom. The lowest BCUT2D eigenvalue weighted by Crippen LogP contribution is -2.01. The molecule has 0 aliphatic carbocycles. The van der Waals surface area contributed by atoms with Crippen LogP contribution in [0.1, 0.15) is 5.89 Å². The highest BCUT2D eigenvalue weighted by atomic mass is 32.2. The second-order valence-electron chi connectivity index (χ2n) is 3.07. The third-order valence-electron chi connectivity index (χ3n) is 1.85. The number of hydrogen-bond acceptors (Lipinski definition) is 6. The molecule has 2 heterocycles. The summed E-state index contributed by atoms with van der Waals surface area (Å²) in [5.74, 6) is 2.72. The van der Waals surface area contributed by atoms with Gasteiger partial charge >= 0.3 is 0 Å². The van der Waals surface area contributed by atoms with Gasteiger partial charge in [0.05, 0.1) is 5.75 Å². The molecule has 6 heteroatoms. The highest BCUT2D eigenvalue weighted by molar-refractivity contribution is 7.98. The van der Waals surface area contributed by atoms with Crippen molar-refractivity contribution in [2.45, 2.75) is 5.75 Å². The summed E-state index contributed by atoms with van der Waals surface area (Å²) in [5.41, 5.74) is 6.11. The Morgan fingerprint density at radius 1 is 1.38 bits per heavy atom. The highest BCUT2D eigenvalue weighted by Crippen LogP contribution is 2.15. The van der Waals surface area contributed by atoms with Crippen molar-refractivity contribution in [3.05, 3.63) is 30.3 Å². The van der Waals surface area contributed by atoms with Crippen LogP contribution in [0.4, 0.5) is 0 Å². The maximum atomic E-state index is 5.39. The van der Waals surface area contributed by atoms with Crippen molar-refractivity contribution >= 4 is 11.8 Å². The van der Waals surface area contributed by atoms with Crippen molar-refractivity contribution in [1.82, 2.24) is 15.1 Å². The molecule has 0 aliphatic rings. The molecule has 2 aromatic heterocycles. The summed E-state index contributed by atoms with van der Waals surface area (Å²) < 4.78 is 5.10. The van der Waals surface area contributed by atoms with E-state index in [4.69, 9.17) is 10.3 Å². The van der Waals surface area contributed by atoms with E-state index < -0.39 is 0 Å². The molecule has 2 rings (SSSR count). The molecule has 16 heavy (non-hydrogen) atoms. The average molecular weight is 236 g/mol. The van der Waals surface area contributed by atoms with Crippen LogP contribution in [0.5, 0.6) is 0 Å².